The molecule has 2 fully saturated rings. The predicted octanol–water partition coefficient (Wildman–Crippen LogP) is 6.37. The van der Waals surface area contributed by atoms with Crippen molar-refractivity contribution < 1.29 is 9.53 Å². The van der Waals surface area contributed by atoms with Crippen LogP contribution in [-0.4, -0.2) is 33.9 Å². The molecule has 2 aromatic rings. The quantitative estimate of drug-likeness (QED) is 0.224. The highest BCUT2D eigenvalue weighted by atomic mass is 127. The Bertz CT molecular complexity index is 1020. The van der Waals surface area contributed by atoms with Crippen LogP contribution in [0.15, 0.2) is 52.6 Å². The largest absolute Gasteiger partial charge is 0.488 e. The second kappa shape index (κ2) is 10.0. The third-order valence-corrected chi connectivity index (χ3v) is 7.61. The molecule has 0 bridgehead atoms. The Morgan fingerprint density at radius 3 is 2.55 bits per heavy atom. The zero-order valence-corrected chi connectivity index (χ0v) is 21.9. The molecule has 0 atom stereocenters. The van der Waals surface area contributed by atoms with Crippen LogP contribution in [-0.2, 0) is 11.4 Å². The summed E-state index contributed by atoms with van der Waals surface area (Å²) < 4.78 is 8.02. The number of amides is 1. The molecular weight excluding hydrogens is 587 g/mol. The van der Waals surface area contributed by atoms with Gasteiger partial charge in [-0.2, -0.15) is 0 Å². The predicted molar refractivity (Wildman–Crippen MR) is 140 cm³/mol. The molecule has 31 heavy (non-hydrogen) atoms. The molecule has 4 rings (SSSR count). The van der Waals surface area contributed by atoms with Crippen LogP contribution in [0.2, 0.25) is 0 Å². The molecule has 1 aliphatic carbocycles. The standard InChI is InChI=1S/C24H24BrIN2O2S/c1-27-21(23(29)28(24(27)31)19-5-3-2-4-6-19)14-17-9-12-22(20(25)13-17)30-15-16-7-10-18(26)11-8-16/h7-14,19H,2-6,15H2,1H3/b21-14-. The highest BCUT2D eigenvalue weighted by molar-refractivity contribution is 14.1. The van der Waals surface area contributed by atoms with E-state index < -0.39 is 0 Å². The van der Waals surface area contributed by atoms with E-state index in [1.54, 1.807) is 0 Å². The van der Waals surface area contributed by atoms with Crippen molar-refractivity contribution in [3.63, 3.8) is 0 Å². The van der Waals surface area contributed by atoms with E-state index >= 15 is 0 Å². The second-order valence-electron chi connectivity index (χ2n) is 7.94. The molecule has 1 amide bonds. The maximum atomic E-state index is 13.2. The first-order chi connectivity index (χ1) is 14.9. The molecule has 1 saturated carbocycles. The van der Waals surface area contributed by atoms with Gasteiger partial charge in [0.25, 0.3) is 5.91 Å². The van der Waals surface area contributed by atoms with Crippen LogP contribution < -0.4 is 4.74 Å². The van der Waals surface area contributed by atoms with Gasteiger partial charge < -0.3 is 9.64 Å². The molecule has 0 unspecified atom stereocenters. The van der Waals surface area contributed by atoms with Gasteiger partial charge in [-0.1, -0.05) is 37.5 Å². The van der Waals surface area contributed by atoms with Crippen molar-refractivity contribution >= 4 is 67.8 Å². The van der Waals surface area contributed by atoms with E-state index in [-0.39, 0.29) is 11.9 Å². The van der Waals surface area contributed by atoms with Gasteiger partial charge in [-0.05, 0) is 105 Å². The fourth-order valence-corrected chi connectivity index (χ4v) is 5.26. The number of thiocarbonyl (C=S) groups is 1. The zero-order chi connectivity index (χ0) is 22.0. The number of carbonyl (C=O) groups excluding carboxylic acids is 1. The maximum absolute atomic E-state index is 13.2. The van der Waals surface area contributed by atoms with Gasteiger partial charge in [-0.25, -0.2) is 0 Å². The Kier molecular flexibility index (Phi) is 7.33. The molecule has 1 heterocycles. The third-order valence-electron chi connectivity index (χ3n) is 5.80. The van der Waals surface area contributed by atoms with Crippen molar-refractivity contribution in [1.29, 1.82) is 0 Å². The molecule has 7 heteroatoms. The lowest BCUT2D eigenvalue weighted by Crippen LogP contribution is -2.41. The Morgan fingerprint density at radius 1 is 1.16 bits per heavy atom. The summed E-state index contributed by atoms with van der Waals surface area (Å²) in [5, 5.41) is 0.611. The Morgan fingerprint density at radius 2 is 1.87 bits per heavy atom. The van der Waals surface area contributed by atoms with Crippen molar-refractivity contribution in [2.75, 3.05) is 7.05 Å². The van der Waals surface area contributed by atoms with Gasteiger partial charge in [-0.3, -0.25) is 9.69 Å². The monoisotopic (exact) mass is 610 g/mol. The Hall–Kier alpha value is -1.45. The van der Waals surface area contributed by atoms with Gasteiger partial charge in [0, 0.05) is 16.7 Å². The minimum absolute atomic E-state index is 0.00885. The van der Waals surface area contributed by atoms with Crippen LogP contribution in [0.3, 0.4) is 0 Å². The van der Waals surface area contributed by atoms with Gasteiger partial charge in [0.2, 0.25) is 0 Å². The van der Waals surface area contributed by atoms with E-state index in [1.807, 2.05) is 41.1 Å². The SMILES string of the molecule is CN1C(=S)N(C2CCCCC2)C(=O)/C1=C/c1ccc(OCc2ccc(I)cc2)c(Br)c1. The summed E-state index contributed by atoms with van der Waals surface area (Å²) in [6.45, 7) is 0.502. The number of halogens is 2. The molecule has 1 saturated heterocycles. The number of carbonyl (C=O) groups is 1. The average molecular weight is 611 g/mol. The van der Waals surface area contributed by atoms with Crippen LogP contribution in [0.4, 0.5) is 0 Å². The van der Waals surface area contributed by atoms with Crippen LogP contribution in [0, 0.1) is 3.57 Å². The fraction of sp³-hybridized carbons (Fsp3) is 0.333. The van der Waals surface area contributed by atoms with E-state index in [0.717, 1.165) is 47.0 Å². The molecule has 2 aliphatic rings. The topological polar surface area (TPSA) is 32.8 Å². The molecule has 2 aromatic carbocycles. The van der Waals surface area contributed by atoms with Crippen molar-refractivity contribution in [3.05, 3.63) is 67.3 Å². The first-order valence-electron chi connectivity index (χ1n) is 10.4. The smallest absolute Gasteiger partial charge is 0.277 e. The lowest BCUT2D eigenvalue weighted by atomic mass is 9.94. The number of ether oxygens (including phenoxy) is 1. The van der Waals surface area contributed by atoms with Gasteiger partial charge in [-0.15, -0.1) is 0 Å². The average Bonchev–Trinajstić information content (AvgIpc) is 2.98. The molecule has 0 radical (unpaired) electrons. The van der Waals surface area contributed by atoms with Crippen LogP contribution in [0.1, 0.15) is 43.2 Å². The highest BCUT2D eigenvalue weighted by Crippen LogP contribution is 2.32. The molecule has 1 aliphatic heterocycles. The second-order valence-corrected chi connectivity index (χ2v) is 10.4. The van der Waals surface area contributed by atoms with Crippen molar-refractivity contribution in [3.8, 4) is 5.75 Å². The summed E-state index contributed by atoms with van der Waals surface area (Å²) in [6.07, 6.45) is 7.55. The first-order valence-corrected chi connectivity index (χ1v) is 12.7. The minimum atomic E-state index is 0.00885. The van der Waals surface area contributed by atoms with Crippen molar-refractivity contribution in [2.24, 2.45) is 0 Å². The fourth-order valence-electron chi connectivity index (χ4n) is 4.06. The van der Waals surface area contributed by atoms with Crippen LogP contribution in [0.5, 0.6) is 5.75 Å². The lowest BCUT2D eigenvalue weighted by molar-refractivity contribution is -0.124. The normalized spacial score (nSPS) is 18.9. The molecule has 0 N–H and O–H groups in total. The lowest BCUT2D eigenvalue weighted by Gasteiger charge is -2.30. The molecule has 4 nitrogen and oxygen atoms in total. The zero-order valence-electron chi connectivity index (χ0n) is 17.3. The van der Waals surface area contributed by atoms with Crippen LogP contribution >= 0.6 is 50.7 Å². The molecule has 162 valence electrons. The van der Waals surface area contributed by atoms with Gasteiger partial charge in [0.05, 0.1) is 4.47 Å². The van der Waals surface area contributed by atoms with Gasteiger partial charge in [0.1, 0.15) is 18.1 Å². The number of likely N-dealkylation sites (N-methyl/N-ethyl adjacent to an activating group) is 1. The number of benzene rings is 2. The van der Waals surface area contributed by atoms with Gasteiger partial charge >= 0.3 is 0 Å². The number of nitrogens with zero attached hydrogens (tertiary/aromatic N) is 2. The summed E-state index contributed by atoms with van der Waals surface area (Å²) in [6, 6.07) is 14.4. The number of rotatable bonds is 5. The summed E-state index contributed by atoms with van der Waals surface area (Å²) in [5.41, 5.74) is 2.67. The van der Waals surface area contributed by atoms with E-state index in [2.05, 4.69) is 62.8 Å². The highest BCUT2D eigenvalue weighted by Gasteiger charge is 2.40. The molecular formula is C24H24BrIN2O2S. The summed E-state index contributed by atoms with van der Waals surface area (Å²) >= 11 is 11.5. The molecule has 0 aromatic heterocycles. The number of hydrogen-bond acceptors (Lipinski definition) is 3. The van der Waals surface area contributed by atoms with E-state index in [9.17, 15) is 4.79 Å². The van der Waals surface area contributed by atoms with E-state index in [1.165, 1.54) is 9.99 Å². The minimum Gasteiger partial charge on any atom is -0.488 e. The van der Waals surface area contributed by atoms with E-state index in [0.29, 0.717) is 17.4 Å². The summed E-state index contributed by atoms with van der Waals surface area (Å²) in [7, 11) is 1.88. The van der Waals surface area contributed by atoms with Crippen molar-refractivity contribution in [2.45, 2.75) is 44.8 Å². The summed E-state index contributed by atoms with van der Waals surface area (Å²) in [4.78, 5) is 16.8. The first kappa shape index (κ1) is 22.7. The summed E-state index contributed by atoms with van der Waals surface area (Å²) in [5.74, 6) is 0.778. The number of hydrogen-bond donors (Lipinski definition) is 0. The van der Waals surface area contributed by atoms with E-state index in [4.69, 9.17) is 17.0 Å². The Balaban J connectivity index is 1.49. The third kappa shape index (κ3) is 5.14. The Labute approximate surface area is 210 Å². The van der Waals surface area contributed by atoms with Crippen molar-refractivity contribution in [1.82, 2.24) is 9.80 Å². The van der Waals surface area contributed by atoms with Crippen LogP contribution in [0.25, 0.3) is 6.08 Å². The maximum Gasteiger partial charge on any atom is 0.277 e. The van der Waals surface area contributed by atoms with Gasteiger partial charge in [0.15, 0.2) is 5.11 Å². The molecule has 0 spiro atoms.